The maximum atomic E-state index is 5.83. The van der Waals surface area contributed by atoms with Crippen LogP contribution in [0, 0.1) is 0 Å². The summed E-state index contributed by atoms with van der Waals surface area (Å²) < 4.78 is 0. The molecule has 0 bridgehead atoms. The van der Waals surface area contributed by atoms with E-state index < -0.39 is 0 Å². The van der Waals surface area contributed by atoms with E-state index in [2.05, 4.69) is 23.1 Å². The highest BCUT2D eigenvalue weighted by atomic mass is 32.1. The van der Waals surface area contributed by atoms with Gasteiger partial charge in [-0.1, -0.05) is 12.1 Å². The van der Waals surface area contributed by atoms with Crippen molar-refractivity contribution in [2.45, 2.75) is 19.4 Å². The molecule has 0 atom stereocenters. The lowest BCUT2D eigenvalue weighted by atomic mass is 10.2. The van der Waals surface area contributed by atoms with Crippen LogP contribution in [0.5, 0.6) is 0 Å². The third-order valence-corrected chi connectivity index (χ3v) is 4.53. The van der Waals surface area contributed by atoms with Gasteiger partial charge in [0, 0.05) is 22.0 Å². The molecule has 0 spiro atoms. The van der Waals surface area contributed by atoms with Crippen LogP contribution in [0.25, 0.3) is 10.4 Å². The first-order chi connectivity index (χ1) is 8.81. The second kappa shape index (κ2) is 5.12. The van der Waals surface area contributed by atoms with E-state index in [0.29, 0.717) is 0 Å². The van der Waals surface area contributed by atoms with E-state index >= 15 is 0 Å². The minimum Gasteiger partial charge on any atom is -0.399 e. The molecule has 3 rings (SSSR count). The normalized spacial score (nSPS) is 16.2. The molecular formula is C15H18N2S. The highest BCUT2D eigenvalue weighted by molar-refractivity contribution is 7.15. The molecule has 1 aromatic heterocycles. The largest absolute Gasteiger partial charge is 0.399 e. The molecule has 0 aliphatic carbocycles. The third-order valence-electron chi connectivity index (χ3n) is 3.41. The van der Waals surface area contributed by atoms with Crippen LogP contribution in [0.15, 0.2) is 36.4 Å². The zero-order valence-electron chi connectivity index (χ0n) is 10.4. The van der Waals surface area contributed by atoms with Crippen molar-refractivity contribution < 1.29 is 0 Å². The first kappa shape index (κ1) is 11.8. The number of hydrogen-bond donors (Lipinski definition) is 1. The Bertz CT molecular complexity index is 527. The maximum absolute atomic E-state index is 5.83. The Morgan fingerprint density at radius 3 is 2.72 bits per heavy atom. The van der Waals surface area contributed by atoms with Crippen LogP contribution >= 0.6 is 11.3 Å². The molecule has 94 valence electrons. The van der Waals surface area contributed by atoms with Crippen molar-refractivity contribution in [1.82, 2.24) is 4.90 Å². The number of nitrogen functional groups attached to an aromatic ring is 1. The minimum absolute atomic E-state index is 0.835. The van der Waals surface area contributed by atoms with Gasteiger partial charge >= 0.3 is 0 Å². The van der Waals surface area contributed by atoms with Gasteiger partial charge in [-0.3, -0.25) is 4.90 Å². The molecule has 1 aromatic carbocycles. The van der Waals surface area contributed by atoms with E-state index in [9.17, 15) is 0 Å². The van der Waals surface area contributed by atoms with Gasteiger partial charge in [0.05, 0.1) is 0 Å². The second-order valence-electron chi connectivity index (χ2n) is 4.87. The first-order valence-electron chi connectivity index (χ1n) is 6.48. The fourth-order valence-corrected chi connectivity index (χ4v) is 3.52. The number of thiophene rings is 1. The summed E-state index contributed by atoms with van der Waals surface area (Å²) in [6.07, 6.45) is 2.71. The summed E-state index contributed by atoms with van der Waals surface area (Å²) in [6, 6.07) is 12.6. The van der Waals surface area contributed by atoms with Crippen molar-refractivity contribution in [2.24, 2.45) is 0 Å². The van der Waals surface area contributed by atoms with Crippen LogP contribution in [0.1, 0.15) is 17.7 Å². The molecule has 18 heavy (non-hydrogen) atoms. The average molecular weight is 258 g/mol. The molecule has 3 heteroatoms. The molecule has 1 aliphatic heterocycles. The number of likely N-dealkylation sites (tertiary alicyclic amines) is 1. The zero-order valence-corrected chi connectivity index (χ0v) is 11.2. The zero-order chi connectivity index (χ0) is 12.4. The summed E-state index contributed by atoms with van der Waals surface area (Å²) >= 11 is 1.88. The van der Waals surface area contributed by atoms with E-state index in [1.165, 1.54) is 41.2 Å². The lowest BCUT2D eigenvalue weighted by Crippen LogP contribution is -2.17. The monoisotopic (exact) mass is 258 g/mol. The molecular weight excluding hydrogens is 240 g/mol. The fraction of sp³-hybridized carbons (Fsp3) is 0.333. The van der Waals surface area contributed by atoms with Crippen molar-refractivity contribution in [3.63, 3.8) is 0 Å². The molecule has 0 saturated carbocycles. The Kier molecular flexibility index (Phi) is 3.35. The molecule has 0 unspecified atom stereocenters. The van der Waals surface area contributed by atoms with Crippen LogP contribution in [0.2, 0.25) is 0 Å². The van der Waals surface area contributed by atoms with Crippen molar-refractivity contribution in [3.8, 4) is 10.4 Å². The molecule has 1 aliphatic rings. The molecule has 2 nitrogen and oxygen atoms in total. The Morgan fingerprint density at radius 2 is 1.94 bits per heavy atom. The standard InChI is InChI=1S/C15H18N2S/c16-13-5-3-4-12(10-13)15-7-6-14(18-15)11-17-8-1-2-9-17/h3-7,10H,1-2,8-9,11,16H2. The number of nitrogens with zero attached hydrogens (tertiary/aromatic N) is 1. The third kappa shape index (κ3) is 2.57. The van der Waals surface area contributed by atoms with E-state index in [0.717, 1.165) is 12.2 Å². The summed E-state index contributed by atoms with van der Waals surface area (Å²) in [5.41, 5.74) is 7.90. The first-order valence-corrected chi connectivity index (χ1v) is 7.30. The van der Waals surface area contributed by atoms with Crippen LogP contribution < -0.4 is 5.73 Å². The van der Waals surface area contributed by atoms with Gasteiger partial charge in [-0.05, 0) is 55.8 Å². The summed E-state index contributed by atoms with van der Waals surface area (Å²) in [5, 5.41) is 0. The van der Waals surface area contributed by atoms with Crippen molar-refractivity contribution in [1.29, 1.82) is 0 Å². The SMILES string of the molecule is Nc1cccc(-c2ccc(CN3CCCC3)s2)c1. The van der Waals surface area contributed by atoms with Crippen molar-refractivity contribution >= 4 is 17.0 Å². The van der Waals surface area contributed by atoms with Gasteiger partial charge in [-0.2, -0.15) is 0 Å². The average Bonchev–Trinajstić information content (AvgIpc) is 3.01. The number of rotatable bonds is 3. The molecule has 2 N–H and O–H groups in total. The Morgan fingerprint density at radius 1 is 1.11 bits per heavy atom. The van der Waals surface area contributed by atoms with Gasteiger partial charge in [0.25, 0.3) is 0 Å². The van der Waals surface area contributed by atoms with E-state index in [1.54, 1.807) is 0 Å². The van der Waals surface area contributed by atoms with Crippen LogP contribution in [0.3, 0.4) is 0 Å². The number of nitrogens with two attached hydrogens (primary N) is 1. The van der Waals surface area contributed by atoms with Crippen LogP contribution in [0.4, 0.5) is 5.69 Å². The molecule has 0 amide bonds. The van der Waals surface area contributed by atoms with Gasteiger partial charge in [0.1, 0.15) is 0 Å². The van der Waals surface area contributed by atoms with Gasteiger partial charge in [0.2, 0.25) is 0 Å². The predicted molar refractivity (Wildman–Crippen MR) is 78.7 cm³/mol. The van der Waals surface area contributed by atoms with Gasteiger partial charge in [0.15, 0.2) is 0 Å². The summed E-state index contributed by atoms with van der Waals surface area (Å²) in [4.78, 5) is 5.31. The summed E-state index contributed by atoms with van der Waals surface area (Å²) in [6.45, 7) is 3.62. The maximum Gasteiger partial charge on any atom is 0.0346 e. The Labute approximate surface area is 112 Å². The van der Waals surface area contributed by atoms with E-state index in [1.807, 2.05) is 29.5 Å². The summed E-state index contributed by atoms with van der Waals surface area (Å²) in [5.74, 6) is 0. The van der Waals surface area contributed by atoms with Crippen LogP contribution in [-0.2, 0) is 6.54 Å². The van der Waals surface area contributed by atoms with Crippen molar-refractivity contribution in [2.75, 3.05) is 18.8 Å². The number of anilines is 1. The highest BCUT2D eigenvalue weighted by Crippen LogP contribution is 2.30. The summed E-state index contributed by atoms with van der Waals surface area (Å²) in [7, 11) is 0. The smallest absolute Gasteiger partial charge is 0.0346 e. The minimum atomic E-state index is 0.835. The van der Waals surface area contributed by atoms with Crippen molar-refractivity contribution in [3.05, 3.63) is 41.3 Å². The lowest BCUT2D eigenvalue weighted by molar-refractivity contribution is 0.334. The number of hydrogen-bond acceptors (Lipinski definition) is 3. The number of benzene rings is 1. The lowest BCUT2D eigenvalue weighted by Gasteiger charge is -2.12. The fourth-order valence-electron chi connectivity index (χ4n) is 2.47. The second-order valence-corrected chi connectivity index (χ2v) is 6.04. The Balaban J connectivity index is 1.76. The van der Waals surface area contributed by atoms with Crippen LogP contribution in [-0.4, -0.2) is 18.0 Å². The molecule has 2 aromatic rings. The molecule has 1 saturated heterocycles. The van der Waals surface area contributed by atoms with E-state index in [-0.39, 0.29) is 0 Å². The molecule has 0 radical (unpaired) electrons. The van der Waals surface area contributed by atoms with Gasteiger partial charge < -0.3 is 5.73 Å². The Hall–Kier alpha value is -1.32. The van der Waals surface area contributed by atoms with Gasteiger partial charge in [-0.25, -0.2) is 0 Å². The molecule has 1 fully saturated rings. The highest BCUT2D eigenvalue weighted by Gasteiger charge is 2.13. The predicted octanol–water partition coefficient (Wildman–Crippen LogP) is 3.59. The van der Waals surface area contributed by atoms with Gasteiger partial charge in [-0.15, -0.1) is 11.3 Å². The molecule has 2 heterocycles. The van der Waals surface area contributed by atoms with E-state index in [4.69, 9.17) is 5.73 Å². The topological polar surface area (TPSA) is 29.3 Å². The quantitative estimate of drug-likeness (QED) is 0.852.